The summed E-state index contributed by atoms with van der Waals surface area (Å²) in [5, 5.41) is 2.65. The summed E-state index contributed by atoms with van der Waals surface area (Å²) in [4.78, 5) is 10.8. The molecule has 0 heterocycles. The highest BCUT2D eigenvalue weighted by molar-refractivity contribution is 8.07. The summed E-state index contributed by atoms with van der Waals surface area (Å²) in [6.07, 6.45) is 0. The van der Waals surface area contributed by atoms with E-state index in [1.54, 1.807) is 24.3 Å². The molecule has 1 aromatic carbocycles. The molecule has 1 amide bonds. The Morgan fingerprint density at radius 3 is 2.18 bits per heavy atom. The number of rotatable bonds is 5. The minimum Gasteiger partial charge on any atom is -0.424 e. The largest absolute Gasteiger partial charge is 0.424 e. The zero-order valence-electron chi connectivity index (χ0n) is 9.80. The quantitative estimate of drug-likeness (QED) is 0.837. The maximum atomic E-state index is 10.8. The van der Waals surface area contributed by atoms with Crippen LogP contribution in [0.3, 0.4) is 0 Å². The lowest BCUT2D eigenvalue weighted by atomic mass is 10.3. The van der Waals surface area contributed by atoms with Gasteiger partial charge in [0.1, 0.15) is 5.75 Å². The number of carbonyl (C=O) groups excluding carboxylic acids is 1. The zero-order valence-corrected chi connectivity index (χ0v) is 11.5. The first kappa shape index (κ1) is 14.1. The van der Waals surface area contributed by atoms with Crippen LogP contribution in [0.25, 0.3) is 0 Å². The van der Waals surface area contributed by atoms with Gasteiger partial charge in [0, 0.05) is 38.6 Å². The molecule has 1 rings (SSSR count). The zero-order chi connectivity index (χ0) is 12.9. The number of hydrogen-bond acceptors (Lipinski definition) is 5. The van der Waals surface area contributed by atoms with Crippen molar-refractivity contribution in [1.29, 1.82) is 0 Å². The van der Waals surface area contributed by atoms with Crippen LogP contribution in [0.4, 0.5) is 5.69 Å². The predicted octanol–water partition coefficient (Wildman–Crippen LogP) is 2.54. The minimum atomic E-state index is -2.70. The van der Waals surface area contributed by atoms with Gasteiger partial charge in [-0.05, 0) is 24.3 Å². The number of hydrogen-bond donors (Lipinski definition) is 1. The summed E-state index contributed by atoms with van der Waals surface area (Å²) in [6, 6.07) is 6.79. The van der Waals surface area contributed by atoms with Crippen molar-refractivity contribution in [3.05, 3.63) is 24.3 Å². The Balaban J connectivity index is 2.74. The first-order valence-electron chi connectivity index (χ1n) is 4.78. The topological polar surface area (TPSA) is 56.8 Å². The molecule has 94 valence electrons. The molecule has 0 aliphatic carbocycles. The summed E-state index contributed by atoms with van der Waals surface area (Å²) in [5.41, 5.74) is 0.688. The third-order valence-electron chi connectivity index (χ3n) is 1.84. The van der Waals surface area contributed by atoms with E-state index in [2.05, 4.69) is 5.32 Å². The summed E-state index contributed by atoms with van der Waals surface area (Å²) in [5.74, 6) is 0.406. The van der Waals surface area contributed by atoms with Crippen LogP contribution in [-0.4, -0.2) is 20.1 Å². The predicted molar refractivity (Wildman–Crippen MR) is 69.7 cm³/mol. The fourth-order valence-electron chi connectivity index (χ4n) is 1.08. The van der Waals surface area contributed by atoms with Gasteiger partial charge in [-0.25, -0.2) is 0 Å². The van der Waals surface area contributed by atoms with E-state index in [0.29, 0.717) is 11.4 Å². The van der Waals surface area contributed by atoms with Gasteiger partial charge in [-0.15, -0.1) is 0 Å². The summed E-state index contributed by atoms with van der Waals surface area (Å²) < 4.78 is 15.4. The van der Waals surface area contributed by atoms with Crippen LogP contribution in [-0.2, 0) is 25.6 Å². The van der Waals surface area contributed by atoms with Crippen molar-refractivity contribution in [2.24, 2.45) is 0 Å². The Morgan fingerprint density at radius 2 is 1.76 bits per heavy atom. The van der Waals surface area contributed by atoms with E-state index in [-0.39, 0.29) is 5.91 Å². The van der Waals surface area contributed by atoms with E-state index < -0.39 is 6.72 Å². The van der Waals surface area contributed by atoms with Crippen molar-refractivity contribution < 1.29 is 18.4 Å². The summed E-state index contributed by atoms with van der Waals surface area (Å²) in [7, 11) is 2.88. The molecule has 0 bridgehead atoms. The summed E-state index contributed by atoms with van der Waals surface area (Å²) in [6.45, 7) is -1.26. The SMILES string of the molecule is COP(=S)(OC)Oc1ccc(NC(C)=O)cc1. The monoisotopic (exact) mass is 275 g/mol. The van der Waals surface area contributed by atoms with E-state index in [1.165, 1.54) is 21.1 Å². The maximum Gasteiger partial charge on any atom is 0.380 e. The molecular weight excluding hydrogens is 261 g/mol. The van der Waals surface area contributed by atoms with Crippen LogP contribution in [0.5, 0.6) is 5.75 Å². The summed E-state index contributed by atoms with van der Waals surface area (Å²) >= 11 is 5.06. The number of nitrogens with one attached hydrogen (secondary N) is 1. The minimum absolute atomic E-state index is 0.127. The molecule has 7 heteroatoms. The standard InChI is InChI=1S/C10H14NO4PS/c1-8(12)11-9-4-6-10(7-5-9)15-16(17,13-2)14-3/h4-7H,1-3H3,(H,11,12). The van der Waals surface area contributed by atoms with E-state index in [1.807, 2.05) is 0 Å². The van der Waals surface area contributed by atoms with Crippen LogP contribution >= 0.6 is 6.72 Å². The smallest absolute Gasteiger partial charge is 0.380 e. The van der Waals surface area contributed by atoms with Gasteiger partial charge in [0.25, 0.3) is 0 Å². The van der Waals surface area contributed by atoms with Crippen LogP contribution in [0.1, 0.15) is 6.92 Å². The van der Waals surface area contributed by atoms with Crippen LogP contribution in [0.2, 0.25) is 0 Å². The van der Waals surface area contributed by atoms with Gasteiger partial charge in [-0.3, -0.25) is 4.79 Å². The van der Waals surface area contributed by atoms with Gasteiger partial charge < -0.3 is 18.9 Å². The first-order valence-corrected chi connectivity index (χ1v) is 7.33. The van der Waals surface area contributed by atoms with Gasteiger partial charge in [0.15, 0.2) is 0 Å². The molecule has 0 saturated heterocycles. The van der Waals surface area contributed by atoms with Gasteiger partial charge >= 0.3 is 6.72 Å². The molecule has 1 N–H and O–H groups in total. The van der Waals surface area contributed by atoms with Crippen molar-refractivity contribution >= 4 is 30.1 Å². The number of carbonyl (C=O) groups is 1. The average Bonchev–Trinajstić information content (AvgIpc) is 2.31. The first-order chi connectivity index (χ1) is 7.99. The molecule has 0 saturated carbocycles. The third-order valence-corrected chi connectivity index (χ3v) is 4.29. The molecule has 1 aromatic rings. The van der Waals surface area contributed by atoms with Crippen molar-refractivity contribution in [1.82, 2.24) is 0 Å². The van der Waals surface area contributed by atoms with E-state index in [0.717, 1.165) is 0 Å². The van der Waals surface area contributed by atoms with Gasteiger partial charge in [0.05, 0.1) is 0 Å². The second-order valence-corrected chi connectivity index (χ2v) is 6.26. The van der Waals surface area contributed by atoms with Crippen molar-refractivity contribution in [2.75, 3.05) is 19.5 Å². The van der Waals surface area contributed by atoms with Crippen LogP contribution in [0, 0.1) is 0 Å². The fourth-order valence-corrected chi connectivity index (χ4v) is 2.02. The van der Waals surface area contributed by atoms with Crippen molar-refractivity contribution in [2.45, 2.75) is 6.92 Å². The van der Waals surface area contributed by atoms with E-state index in [9.17, 15) is 4.79 Å². The maximum absolute atomic E-state index is 10.8. The molecule has 17 heavy (non-hydrogen) atoms. The Morgan fingerprint density at radius 1 is 1.24 bits per heavy atom. The van der Waals surface area contributed by atoms with Crippen molar-refractivity contribution in [3.63, 3.8) is 0 Å². The molecule has 0 aliphatic rings. The van der Waals surface area contributed by atoms with Crippen molar-refractivity contribution in [3.8, 4) is 5.75 Å². The molecule has 0 atom stereocenters. The van der Waals surface area contributed by atoms with Crippen LogP contribution < -0.4 is 9.84 Å². The van der Waals surface area contributed by atoms with Gasteiger partial charge in [0.2, 0.25) is 5.91 Å². The van der Waals surface area contributed by atoms with Gasteiger partial charge in [-0.2, -0.15) is 0 Å². The normalized spacial score (nSPS) is 11.0. The lowest BCUT2D eigenvalue weighted by Gasteiger charge is -2.18. The van der Waals surface area contributed by atoms with E-state index in [4.69, 9.17) is 25.4 Å². The van der Waals surface area contributed by atoms with E-state index >= 15 is 0 Å². The molecule has 0 aromatic heterocycles. The molecule has 0 radical (unpaired) electrons. The molecule has 0 aliphatic heterocycles. The molecule has 0 fully saturated rings. The Labute approximate surface area is 105 Å². The highest BCUT2D eigenvalue weighted by Crippen LogP contribution is 2.48. The third kappa shape index (κ3) is 4.44. The number of benzene rings is 1. The fraction of sp³-hybridized carbons (Fsp3) is 0.300. The van der Waals surface area contributed by atoms with Crippen LogP contribution in [0.15, 0.2) is 24.3 Å². The second-order valence-electron chi connectivity index (χ2n) is 3.11. The number of amides is 1. The molecule has 0 unspecified atom stereocenters. The lowest BCUT2D eigenvalue weighted by Crippen LogP contribution is -2.05. The highest BCUT2D eigenvalue weighted by atomic mass is 32.5. The highest BCUT2D eigenvalue weighted by Gasteiger charge is 2.18. The lowest BCUT2D eigenvalue weighted by molar-refractivity contribution is -0.114. The van der Waals surface area contributed by atoms with Gasteiger partial charge in [-0.1, -0.05) is 0 Å². The Kier molecular flexibility index (Phi) is 5.08. The Hall–Kier alpha value is -0.940. The number of anilines is 1. The second kappa shape index (κ2) is 6.12. The molecule has 0 spiro atoms. The molecular formula is C10H14NO4PS. The average molecular weight is 275 g/mol. The Bertz CT molecular complexity index is 426. The molecule has 5 nitrogen and oxygen atoms in total.